The molecule has 0 heterocycles. The van der Waals surface area contributed by atoms with Crippen LogP contribution in [-0.4, -0.2) is 6.08 Å². The molecule has 0 spiro atoms. The summed E-state index contributed by atoms with van der Waals surface area (Å²) in [6.45, 7) is 4.83. The van der Waals surface area contributed by atoms with E-state index in [1.807, 2.05) is 12.1 Å². The number of hydrogen-bond donors (Lipinski definition) is 0. The van der Waals surface area contributed by atoms with Gasteiger partial charge in [-0.1, -0.05) is 38.1 Å². The van der Waals surface area contributed by atoms with Crippen LogP contribution >= 0.6 is 0 Å². The van der Waals surface area contributed by atoms with Gasteiger partial charge in [0.2, 0.25) is 6.08 Å². The third-order valence-corrected chi connectivity index (χ3v) is 1.99. The van der Waals surface area contributed by atoms with Crippen LogP contribution in [0.15, 0.2) is 29.3 Å². The maximum absolute atomic E-state index is 9.90. The van der Waals surface area contributed by atoms with Crippen LogP contribution in [0.4, 0.5) is 0 Å². The van der Waals surface area contributed by atoms with Crippen molar-refractivity contribution in [2.45, 2.75) is 26.8 Å². The molecule has 74 valence electrons. The van der Waals surface area contributed by atoms with Gasteiger partial charge in [0, 0.05) is 0 Å². The Hall–Kier alpha value is -1.40. The van der Waals surface area contributed by atoms with Crippen molar-refractivity contribution in [3.63, 3.8) is 0 Å². The predicted molar refractivity (Wildman–Crippen MR) is 56.8 cm³/mol. The number of nitrogens with zero attached hydrogens (tertiary/aromatic N) is 1. The zero-order valence-corrected chi connectivity index (χ0v) is 8.66. The second-order valence-corrected chi connectivity index (χ2v) is 3.82. The zero-order valence-electron chi connectivity index (χ0n) is 8.66. The number of carbonyl (C=O) groups excluding carboxylic acids is 1. The second-order valence-electron chi connectivity index (χ2n) is 3.82. The molecule has 2 heteroatoms. The molecule has 0 aliphatic heterocycles. The molecule has 0 saturated heterocycles. The van der Waals surface area contributed by atoms with Crippen molar-refractivity contribution in [3.05, 3.63) is 35.4 Å². The average molecular weight is 189 g/mol. The Labute approximate surface area is 84.7 Å². The van der Waals surface area contributed by atoms with Gasteiger partial charge in [0.1, 0.15) is 0 Å². The highest BCUT2D eigenvalue weighted by molar-refractivity contribution is 5.34. The average Bonchev–Trinajstić information content (AvgIpc) is 2.16. The van der Waals surface area contributed by atoms with E-state index in [0.29, 0.717) is 12.5 Å². The third-order valence-electron chi connectivity index (χ3n) is 1.99. The molecule has 0 aliphatic carbocycles. The van der Waals surface area contributed by atoms with Crippen LogP contribution in [-0.2, 0) is 17.8 Å². The minimum absolute atomic E-state index is 0.436. The summed E-state index contributed by atoms with van der Waals surface area (Å²) in [6, 6.07) is 8.21. The second kappa shape index (κ2) is 5.36. The Morgan fingerprint density at radius 2 is 1.79 bits per heavy atom. The van der Waals surface area contributed by atoms with E-state index in [0.717, 1.165) is 12.0 Å². The minimum Gasteiger partial charge on any atom is -0.211 e. The van der Waals surface area contributed by atoms with Gasteiger partial charge in [-0.05, 0) is 23.5 Å². The van der Waals surface area contributed by atoms with Crippen LogP contribution < -0.4 is 0 Å². The molecule has 1 aromatic rings. The van der Waals surface area contributed by atoms with E-state index in [1.54, 1.807) is 0 Å². The molecule has 0 saturated carbocycles. The van der Waals surface area contributed by atoms with E-state index in [-0.39, 0.29) is 0 Å². The summed E-state index contributed by atoms with van der Waals surface area (Å²) >= 11 is 0. The standard InChI is InChI=1S/C12H15NO/c1-10(2)7-11-3-5-12(6-4-11)8-13-9-14/h3-6,10H,7-8H2,1-2H3. The molecule has 1 aromatic carbocycles. The van der Waals surface area contributed by atoms with Crippen LogP contribution in [0.5, 0.6) is 0 Å². The fraction of sp³-hybridized carbons (Fsp3) is 0.417. The van der Waals surface area contributed by atoms with Gasteiger partial charge in [-0.2, -0.15) is 0 Å². The van der Waals surface area contributed by atoms with Crippen molar-refractivity contribution in [1.29, 1.82) is 0 Å². The Morgan fingerprint density at radius 3 is 2.29 bits per heavy atom. The van der Waals surface area contributed by atoms with Crippen LogP contribution in [0.2, 0.25) is 0 Å². The molecule has 0 aliphatic rings. The van der Waals surface area contributed by atoms with Crippen LogP contribution in [0.1, 0.15) is 25.0 Å². The first-order valence-corrected chi connectivity index (χ1v) is 4.84. The Bertz CT molecular complexity index is 321. The SMILES string of the molecule is CC(C)Cc1ccc(CN=C=O)cc1. The molecule has 0 bridgehead atoms. The fourth-order valence-electron chi connectivity index (χ4n) is 1.38. The van der Waals surface area contributed by atoms with E-state index in [2.05, 4.69) is 31.0 Å². The minimum atomic E-state index is 0.436. The molecular formula is C12H15NO. The van der Waals surface area contributed by atoms with E-state index in [1.165, 1.54) is 11.6 Å². The lowest BCUT2D eigenvalue weighted by Gasteiger charge is -2.04. The summed E-state index contributed by atoms with van der Waals surface area (Å²) in [5, 5.41) is 0. The zero-order chi connectivity index (χ0) is 10.4. The first kappa shape index (κ1) is 10.7. The summed E-state index contributed by atoms with van der Waals surface area (Å²) in [5.74, 6) is 0.675. The van der Waals surface area contributed by atoms with E-state index in [9.17, 15) is 4.79 Å². The van der Waals surface area contributed by atoms with E-state index >= 15 is 0 Å². The van der Waals surface area contributed by atoms with Crippen molar-refractivity contribution in [1.82, 2.24) is 0 Å². The molecule has 2 nitrogen and oxygen atoms in total. The quantitative estimate of drug-likeness (QED) is 0.529. The number of aliphatic imine (C=N–C) groups is 1. The fourth-order valence-corrected chi connectivity index (χ4v) is 1.38. The van der Waals surface area contributed by atoms with Gasteiger partial charge in [-0.25, -0.2) is 9.79 Å². The molecule has 0 unspecified atom stereocenters. The van der Waals surface area contributed by atoms with E-state index < -0.39 is 0 Å². The smallest absolute Gasteiger partial charge is 0.211 e. The van der Waals surface area contributed by atoms with Gasteiger partial charge in [0.15, 0.2) is 0 Å². The lowest BCUT2D eigenvalue weighted by Crippen LogP contribution is -1.93. The van der Waals surface area contributed by atoms with E-state index in [4.69, 9.17) is 0 Å². The van der Waals surface area contributed by atoms with Gasteiger partial charge in [-0.15, -0.1) is 0 Å². The van der Waals surface area contributed by atoms with Crippen molar-refractivity contribution in [2.75, 3.05) is 0 Å². The number of isocyanates is 1. The highest BCUT2D eigenvalue weighted by Gasteiger charge is 1.97. The topological polar surface area (TPSA) is 29.4 Å². The summed E-state index contributed by atoms with van der Waals surface area (Å²) in [4.78, 5) is 13.4. The van der Waals surface area contributed by atoms with Crippen LogP contribution in [0.25, 0.3) is 0 Å². The van der Waals surface area contributed by atoms with Crippen molar-refractivity contribution < 1.29 is 4.79 Å². The summed E-state index contributed by atoms with van der Waals surface area (Å²) in [6.07, 6.45) is 2.63. The van der Waals surface area contributed by atoms with Crippen molar-refractivity contribution >= 4 is 6.08 Å². The van der Waals surface area contributed by atoms with Gasteiger partial charge in [0.25, 0.3) is 0 Å². The monoisotopic (exact) mass is 189 g/mol. The molecule has 0 fully saturated rings. The summed E-state index contributed by atoms with van der Waals surface area (Å²) < 4.78 is 0. The van der Waals surface area contributed by atoms with Gasteiger partial charge in [-0.3, -0.25) is 0 Å². The summed E-state index contributed by atoms with van der Waals surface area (Å²) in [7, 11) is 0. The van der Waals surface area contributed by atoms with Crippen LogP contribution in [0, 0.1) is 5.92 Å². The van der Waals surface area contributed by atoms with Crippen molar-refractivity contribution in [3.8, 4) is 0 Å². The molecule has 1 rings (SSSR count). The lowest BCUT2D eigenvalue weighted by molar-refractivity contribution is 0.563. The van der Waals surface area contributed by atoms with Gasteiger partial charge < -0.3 is 0 Å². The highest BCUT2D eigenvalue weighted by atomic mass is 16.1. The largest absolute Gasteiger partial charge is 0.235 e. The Morgan fingerprint density at radius 1 is 1.21 bits per heavy atom. The lowest BCUT2D eigenvalue weighted by atomic mass is 10.0. The first-order chi connectivity index (χ1) is 6.72. The normalized spacial score (nSPS) is 9.93. The molecule has 0 atom stereocenters. The maximum atomic E-state index is 9.90. The number of rotatable bonds is 4. The van der Waals surface area contributed by atoms with Gasteiger partial charge in [0.05, 0.1) is 6.54 Å². The molecule has 0 radical (unpaired) electrons. The summed E-state index contributed by atoms with van der Waals surface area (Å²) in [5.41, 5.74) is 2.39. The molecule has 0 N–H and O–H groups in total. The molecule has 14 heavy (non-hydrogen) atoms. The molecule has 0 aromatic heterocycles. The first-order valence-electron chi connectivity index (χ1n) is 4.84. The Balaban J connectivity index is 2.63. The highest BCUT2D eigenvalue weighted by Crippen LogP contribution is 2.10. The molecular weight excluding hydrogens is 174 g/mol. The van der Waals surface area contributed by atoms with Gasteiger partial charge >= 0.3 is 0 Å². The third kappa shape index (κ3) is 3.55. The number of benzene rings is 1. The van der Waals surface area contributed by atoms with Crippen LogP contribution in [0.3, 0.4) is 0 Å². The Kier molecular flexibility index (Phi) is 4.09. The van der Waals surface area contributed by atoms with Crippen molar-refractivity contribution in [2.24, 2.45) is 10.9 Å². The predicted octanol–water partition coefficient (Wildman–Crippen LogP) is 2.72. The number of hydrogen-bond acceptors (Lipinski definition) is 2. The maximum Gasteiger partial charge on any atom is 0.235 e. The molecule has 0 amide bonds.